The Kier molecular flexibility index (Phi) is 4.95. The molecule has 0 aliphatic rings. The Hall–Kier alpha value is -2.47. The topological polar surface area (TPSA) is 85.5 Å². The molecule has 0 fully saturated rings. The Labute approximate surface area is 135 Å². The first-order chi connectivity index (χ1) is 10.8. The SMILES string of the molecule is CC(C)(C)OC(=O)CN(C(=O)CN)c1cncc2ccccc12. The van der Waals surface area contributed by atoms with Gasteiger partial charge in [-0.05, 0) is 20.8 Å². The van der Waals surface area contributed by atoms with Crippen LogP contribution in [-0.4, -0.2) is 35.6 Å². The van der Waals surface area contributed by atoms with Crippen molar-refractivity contribution < 1.29 is 14.3 Å². The fourth-order valence-corrected chi connectivity index (χ4v) is 2.24. The second-order valence-corrected chi connectivity index (χ2v) is 6.15. The van der Waals surface area contributed by atoms with Crippen molar-refractivity contribution in [1.82, 2.24) is 4.98 Å². The van der Waals surface area contributed by atoms with E-state index in [2.05, 4.69) is 4.98 Å². The summed E-state index contributed by atoms with van der Waals surface area (Å²) in [7, 11) is 0. The molecule has 2 rings (SSSR count). The molecule has 0 aliphatic heterocycles. The van der Waals surface area contributed by atoms with Crippen LogP contribution < -0.4 is 10.6 Å². The van der Waals surface area contributed by atoms with Crippen LogP contribution in [0.15, 0.2) is 36.7 Å². The molecule has 6 nitrogen and oxygen atoms in total. The molecule has 0 saturated heterocycles. The molecule has 2 N–H and O–H groups in total. The summed E-state index contributed by atoms with van der Waals surface area (Å²) in [6.45, 7) is 4.92. The highest BCUT2D eigenvalue weighted by molar-refractivity contribution is 6.06. The highest BCUT2D eigenvalue weighted by atomic mass is 16.6. The van der Waals surface area contributed by atoms with Gasteiger partial charge >= 0.3 is 5.97 Å². The summed E-state index contributed by atoms with van der Waals surface area (Å²) >= 11 is 0. The number of benzene rings is 1. The fraction of sp³-hybridized carbons (Fsp3) is 0.353. The summed E-state index contributed by atoms with van der Waals surface area (Å²) < 4.78 is 5.30. The van der Waals surface area contributed by atoms with E-state index in [4.69, 9.17) is 10.5 Å². The van der Waals surface area contributed by atoms with Crippen molar-refractivity contribution in [2.75, 3.05) is 18.0 Å². The number of carbonyl (C=O) groups excluding carboxylic acids is 2. The lowest BCUT2D eigenvalue weighted by Crippen LogP contribution is -2.42. The first-order valence-electron chi connectivity index (χ1n) is 7.37. The zero-order valence-electron chi connectivity index (χ0n) is 13.6. The molecule has 23 heavy (non-hydrogen) atoms. The van der Waals surface area contributed by atoms with E-state index in [1.54, 1.807) is 33.2 Å². The van der Waals surface area contributed by atoms with Crippen molar-refractivity contribution in [2.45, 2.75) is 26.4 Å². The second kappa shape index (κ2) is 6.75. The highest BCUT2D eigenvalue weighted by Crippen LogP contribution is 2.25. The molecular formula is C17H21N3O3. The third-order valence-corrected chi connectivity index (χ3v) is 3.12. The number of nitrogens with zero attached hydrogens (tertiary/aromatic N) is 2. The van der Waals surface area contributed by atoms with E-state index in [-0.39, 0.29) is 19.0 Å². The number of pyridine rings is 1. The molecule has 0 bridgehead atoms. The van der Waals surface area contributed by atoms with Crippen molar-refractivity contribution in [3.63, 3.8) is 0 Å². The third-order valence-electron chi connectivity index (χ3n) is 3.12. The predicted octanol–water partition coefficient (Wildman–Crippen LogP) is 1.87. The summed E-state index contributed by atoms with van der Waals surface area (Å²) in [6, 6.07) is 7.52. The molecule has 0 atom stereocenters. The normalized spacial score (nSPS) is 11.3. The molecule has 0 spiro atoms. The van der Waals surface area contributed by atoms with E-state index in [0.29, 0.717) is 5.69 Å². The van der Waals surface area contributed by atoms with E-state index in [0.717, 1.165) is 10.8 Å². The van der Waals surface area contributed by atoms with E-state index < -0.39 is 11.6 Å². The monoisotopic (exact) mass is 315 g/mol. The van der Waals surface area contributed by atoms with Crippen LogP contribution in [0.2, 0.25) is 0 Å². The number of hydrogen-bond donors (Lipinski definition) is 1. The minimum absolute atomic E-state index is 0.202. The standard InChI is InChI=1S/C17H21N3O3/c1-17(2,3)23-16(22)11-20(15(21)8-18)14-10-19-9-12-6-4-5-7-13(12)14/h4-7,9-10H,8,11,18H2,1-3H3. The first kappa shape index (κ1) is 16.9. The summed E-state index contributed by atoms with van der Waals surface area (Å²) in [5.74, 6) is -0.860. The molecular weight excluding hydrogens is 294 g/mol. The van der Waals surface area contributed by atoms with Gasteiger partial charge in [-0.25, -0.2) is 0 Å². The van der Waals surface area contributed by atoms with Gasteiger partial charge in [0.05, 0.1) is 18.4 Å². The van der Waals surface area contributed by atoms with Crippen LogP contribution in [0.4, 0.5) is 5.69 Å². The maximum absolute atomic E-state index is 12.2. The molecule has 0 unspecified atom stereocenters. The molecule has 6 heteroatoms. The Morgan fingerprint density at radius 3 is 2.57 bits per heavy atom. The van der Waals surface area contributed by atoms with Crippen LogP contribution in [0.1, 0.15) is 20.8 Å². The van der Waals surface area contributed by atoms with Gasteiger partial charge in [-0.3, -0.25) is 19.5 Å². The van der Waals surface area contributed by atoms with Gasteiger partial charge in [0.25, 0.3) is 0 Å². The Balaban J connectivity index is 2.38. The van der Waals surface area contributed by atoms with E-state index >= 15 is 0 Å². The quantitative estimate of drug-likeness (QED) is 0.871. The summed E-state index contributed by atoms with van der Waals surface area (Å²) in [6.07, 6.45) is 3.26. The first-order valence-corrected chi connectivity index (χ1v) is 7.37. The third kappa shape index (κ3) is 4.26. The summed E-state index contributed by atoms with van der Waals surface area (Å²) in [5, 5.41) is 1.71. The highest BCUT2D eigenvalue weighted by Gasteiger charge is 2.24. The lowest BCUT2D eigenvalue weighted by atomic mass is 10.1. The van der Waals surface area contributed by atoms with Crippen molar-refractivity contribution >= 4 is 28.3 Å². The fourth-order valence-electron chi connectivity index (χ4n) is 2.24. The number of carbonyl (C=O) groups is 2. The molecule has 1 aromatic carbocycles. The summed E-state index contributed by atoms with van der Waals surface area (Å²) in [5.41, 5.74) is 5.42. The molecule has 2 aromatic rings. The van der Waals surface area contributed by atoms with E-state index in [9.17, 15) is 9.59 Å². The molecule has 0 saturated carbocycles. The Bertz CT molecular complexity index is 717. The maximum atomic E-state index is 12.2. The van der Waals surface area contributed by atoms with Crippen LogP contribution >= 0.6 is 0 Å². The number of fused-ring (bicyclic) bond motifs is 1. The molecule has 1 heterocycles. The Morgan fingerprint density at radius 2 is 1.91 bits per heavy atom. The van der Waals surface area contributed by atoms with E-state index in [1.807, 2.05) is 24.3 Å². The van der Waals surface area contributed by atoms with Gasteiger partial charge in [0, 0.05) is 17.0 Å². The smallest absolute Gasteiger partial charge is 0.326 e. The number of rotatable bonds is 4. The van der Waals surface area contributed by atoms with Crippen molar-refractivity contribution in [1.29, 1.82) is 0 Å². The predicted molar refractivity (Wildman–Crippen MR) is 89.0 cm³/mol. The van der Waals surface area contributed by atoms with Gasteiger partial charge in [-0.1, -0.05) is 24.3 Å². The van der Waals surface area contributed by atoms with Gasteiger partial charge in [0.2, 0.25) is 5.91 Å². The molecule has 0 radical (unpaired) electrons. The Morgan fingerprint density at radius 1 is 1.22 bits per heavy atom. The average molecular weight is 315 g/mol. The summed E-state index contributed by atoms with van der Waals surface area (Å²) in [4.78, 5) is 29.8. The average Bonchev–Trinajstić information content (AvgIpc) is 2.50. The molecule has 1 aromatic heterocycles. The van der Waals surface area contributed by atoms with Gasteiger partial charge in [0.1, 0.15) is 12.1 Å². The van der Waals surface area contributed by atoms with Gasteiger partial charge < -0.3 is 10.5 Å². The maximum Gasteiger partial charge on any atom is 0.326 e. The second-order valence-electron chi connectivity index (χ2n) is 6.15. The van der Waals surface area contributed by atoms with Crippen molar-refractivity contribution in [3.05, 3.63) is 36.7 Å². The van der Waals surface area contributed by atoms with Crippen LogP contribution in [0.5, 0.6) is 0 Å². The number of nitrogens with two attached hydrogens (primary N) is 1. The molecule has 0 aliphatic carbocycles. The minimum atomic E-state index is -0.620. The van der Waals surface area contributed by atoms with E-state index in [1.165, 1.54) is 4.90 Å². The lowest BCUT2D eigenvalue weighted by Gasteiger charge is -2.25. The van der Waals surface area contributed by atoms with Crippen LogP contribution in [0, 0.1) is 0 Å². The number of ether oxygens (including phenoxy) is 1. The van der Waals surface area contributed by atoms with Crippen LogP contribution in [-0.2, 0) is 14.3 Å². The number of amides is 1. The zero-order chi connectivity index (χ0) is 17.0. The lowest BCUT2D eigenvalue weighted by molar-refractivity contribution is -0.153. The van der Waals surface area contributed by atoms with Crippen molar-refractivity contribution in [2.24, 2.45) is 5.73 Å². The van der Waals surface area contributed by atoms with Crippen molar-refractivity contribution in [3.8, 4) is 0 Å². The van der Waals surface area contributed by atoms with Crippen LogP contribution in [0.25, 0.3) is 10.8 Å². The number of hydrogen-bond acceptors (Lipinski definition) is 5. The molecule has 1 amide bonds. The van der Waals surface area contributed by atoms with Gasteiger partial charge in [-0.2, -0.15) is 0 Å². The number of esters is 1. The largest absolute Gasteiger partial charge is 0.459 e. The van der Waals surface area contributed by atoms with Gasteiger partial charge in [-0.15, -0.1) is 0 Å². The molecule has 122 valence electrons. The van der Waals surface area contributed by atoms with Crippen LogP contribution in [0.3, 0.4) is 0 Å². The van der Waals surface area contributed by atoms with Gasteiger partial charge in [0.15, 0.2) is 0 Å². The number of aromatic nitrogens is 1. The minimum Gasteiger partial charge on any atom is -0.459 e. The zero-order valence-corrected chi connectivity index (χ0v) is 13.6. The number of anilines is 1.